The number of nitrogens with two attached hydrogens (primary N) is 2. The molecule has 9 heteroatoms. The first-order valence-electron chi connectivity index (χ1n) is 5.07. The van der Waals surface area contributed by atoms with Crippen molar-refractivity contribution in [2.45, 2.75) is 11.8 Å². The van der Waals surface area contributed by atoms with Gasteiger partial charge in [-0.05, 0) is 44.0 Å². The highest BCUT2D eigenvalue weighted by Gasteiger charge is 2.17. The van der Waals surface area contributed by atoms with E-state index in [1.807, 2.05) is 0 Å². The van der Waals surface area contributed by atoms with E-state index in [0.29, 0.717) is 14.7 Å². The Morgan fingerprint density at radius 2 is 1.84 bits per heavy atom. The summed E-state index contributed by atoms with van der Waals surface area (Å²) in [6.45, 7) is 1.71. The summed E-state index contributed by atoms with van der Waals surface area (Å²) in [5, 5.41) is 5.04. The molecule has 0 bridgehead atoms. The first kappa shape index (κ1) is 16.4. The first-order chi connectivity index (χ1) is 8.62. The second-order valence-electron chi connectivity index (χ2n) is 3.88. The van der Waals surface area contributed by atoms with E-state index < -0.39 is 21.8 Å². The van der Waals surface area contributed by atoms with Gasteiger partial charge in [-0.2, -0.15) is 0 Å². The lowest BCUT2D eigenvalue weighted by molar-refractivity contribution is -0.122. The van der Waals surface area contributed by atoms with Crippen molar-refractivity contribution in [3.63, 3.8) is 0 Å². The van der Waals surface area contributed by atoms with Crippen LogP contribution in [0.3, 0.4) is 0 Å². The molecule has 1 atom stereocenters. The van der Waals surface area contributed by atoms with Gasteiger partial charge in [0.25, 0.3) is 0 Å². The van der Waals surface area contributed by atoms with Crippen molar-refractivity contribution in [1.29, 1.82) is 0 Å². The Morgan fingerprint density at radius 1 is 1.37 bits per heavy atom. The minimum atomic E-state index is -3.80. The number of benzene rings is 1. The van der Waals surface area contributed by atoms with Crippen LogP contribution in [0.4, 0.5) is 0 Å². The maximum absolute atomic E-state index is 11.2. The van der Waals surface area contributed by atoms with Crippen molar-refractivity contribution in [2.24, 2.45) is 16.8 Å². The van der Waals surface area contributed by atoms with Crippen molar-refractivity contribution in [1.82, 2.24) is 0 Å². The van der Waals surface area contributed by atoms with E-state index in [9.17, 15) is 13.2 Å². The van der Waals surface area contributed by atoms with Gasteiger partial charge in [-0.1, -0.05) is 6.92 Å². The van der Waals surface area contributed by atoms with Crippen molar-refractivity contribution >= 4 is 47.8 Å². The largest absolute Gasteiger partial charge is 0.490 e. The van der Waals surface area contributed by atoms with Crippen molar-refractivity contribution < 1.29 is 17.9 Å². The normalized spacial score (nSPS) is 13.1. The van der Waals surface area contributed by atoms with Crippen molar-refractivity contribution in [3.8, 4) is 5.75 Å². The number of primary amides is 1. The van der Waals surface area contributed by atoms with Gasteiger partial charge in [-0.15, -0.1) is 0 Å². The van der Waals surface area contributed by atoms with Crippen molar-refractivity contribution in [3.05, 3.63) is 21.1 Å². The summed E-state index contributed by atoms with van der Waals surface area (Å²) < 4.78 is 28.7. The van der Waals surface area contributed by atoms with E-state index >= 15 is 0 Å². The van der Waals surface area contributed by atoms with Gasteiger partial charge in [0, 0.05) is 0 Å². The predicted molar refractivity (Wildman–Crippen MR) is 77.1 cm³/mol. The number of halogens is 2. The number of hydrogen-bond donors (Lipinski definition) is 2. The summed E-state index contributed by atoms with van der Waals surface area (Å²) in [6.07, 6.45) is 0. The highest BCUT2D eigenvalue weighted by molar-refractivity contribution is 9.11. The van der Waals surface area contributed by atoms with Crippen LogP contribution in [0.25, 0.3) is 0 Å². The Labute approximate surface area is 127 Å². The van der Waals surface area contributed by atoms with E-state index in [4.69, 9.17) is 15.6 Å². The van der Waals surface area contributed by atoms with E-state index in [1.165, 1.54) is 12.1 Å². The van der Waals surface area contributed by atoms with E-state index in [-0.39, 0.29) is 11.5 Å². The predicted octanol–water partition coefficient (Wildman–Crippen LogP) is 1.36. The minimum absolute atomic E-state index is 0.0541. The molecule has 0 saturated heterocycles. The lowest BCUT2D eigenvalue weighted by atomic mass is 10.2. The summed E-state index contributed by atoms with van der Waals surface area (Å²) in [7, 11) is -3.80. The Balaban J connectivity index is 3.02. The monoisotopic (exact) mass is 414 g/mol. The summed E-state index contributed by atoms with van der Waals surface area (Å²) in [5.74, 6) is -0.564. The summed E-state index contributed by atoms with van der Waals surface area (Å²) in [5.41, 5.74) is 5.12. The number of sulfonamides is 1. The number of amides is 1. The fourth-order valence-corrected chi connectivity index (χ4v) is 3.41. The zero-order valence-electron chi connectivity index (χ0n) is 9.89. The third kappa shape index (κ3) is 4.44. The molecular formula is C10H12Br2N2O4S. The molecule has 6 nitrogen and oxygen atoms in total. The molecule has 1 amide bonds. The molecule has 4 N–H and O–H groups in total. The first-order valence-corrected chi connectivity index (χ1v) is 8.20. The third-order valence-corrected chi connectivity index (χ3v) is 4.33. The van der Waals surface area contributed by atoms with Crippen LogP contribution in [0.2, 0.25) is 0 Å². The average molecular weight is 416 g/mol. The highest BCUT2D eigenvalue weighted by Crippen LogP contribution is 2.36. The Bertz CT molecular complexity index is 581. The van der Waals surface area contributed by atoms with Crippen LogP contribution in [-0.2, 0) is 14.8 Å². The van der Waals surface area contributed by atoms with Gasteiger partial charge in [0.2, 0.25) is 15.9 Å². The Hall–Kier alpha value is -0.640. The summed E-state index contributed by atoms with van der Waals surface area (Å²) in [4.78, 5) is 10.8. The molecule has 0 aliphatic carbocycles. The molecule has 19 heavy (non-hydrogen) atoms. The van der Waals surface area contributed by atoms with Gasteiger partial charge >= 0.3 is 0 Å². The quantitative estimate of drug-likeness (QED) is 0.755. The molecule has 1 unspecified atom stereocenters. The van der Waals surface area contributed by atoms with Gasteiger partial charge in [0.15, 0.2) is 0 Å². The molecule has 0 heterocycles. The number of ether oxygens (including phenoxy) is 1. The lowest BCUT2D eigenvalue weighted by Gasteiger charge is -2.13. The summed E-state index contributed by atoms with van der Waals surface area (Å²) >= 11 is 6.37. The fourth-order valence-electron chi connectivity index (χ4n) is 1.13. The number of rotatable bonds is 5. The highest BCUT2D eigenvalue weighted by atomic mass is 79.9. The van der Waals surface area contributed by atoms with E-state index in [1.54, 1.807) is 6.92 Å². The van der Waals surface area contributed by atoms with Crippen molar-refractivity contribution in [2.75, 3.05) is 6.61 Å². The summed E-state index contributed by atoms with van der Waals surface area (Å²) in [6, 6.07) is 2.65. The molecule has 0 saturated carbocycles. The molecule has 1 aromatic carbocycles. The van der Waals surface area contributed by atoms with Crippen LogP contribution < -0.4 is 15.6 Å². The van der Waals surface area contributed by atoms with Crippen LogP contribution in [0.5, 0.6) is 5.75 Å². The lowest BCUT2D eigenvalue weighted by Crippen LogP contribution is -2.26. The zero-order chi connectivity index (χ0) is 14.8. The van der Waals surface area contributed by atoms with Gasteiger partial charge in [0.1, 0.15) is 5.75 Å². The maximum atomic E-state index is 11.2. The molecule has 0 aliphatic heterocycles. The topological polar surface area (TPSA) is 112 Å². The van der Waals surface area contributed by atoms with E-state index in [0.717, 1.165) is 0 Å². The molecule has 0 aliphatic rings. The van der Waals surface area contributed by atoms with Crippen LogP contribution in [0.1, 0.15) is 6.92 Å². The Morgan fingerprint density at radius 3 is 2.21 bits per heavy atom. The average Bonchev–Trinajstić information content (AvgIpc) is 2.25. The number of hydrogen-bond acceptors (Lipinski definition) is 4. The van der Waals surface area contributed by atoms with Crippen LogP contribution in [-0.4, -0.2) is 20.9 Å². The molecule has 0 aromatic heterocycles. The second-order valence-corrected chi connectivity index (χ2v) is 7.15. The molecule has 0 spiro atoms. The molecule has 1 aromatic rings. The third-order valence-electron chi connectivity index (χ3n) is 2.26. The van der Waals surface area contributed by atoms with E-state index in [2.05, 4.69) is 31.9 Å². The Kier molecular flexibility index (Phi) is 5.36. The fraction of sp³-hybridized carbons (Fsp3) is 0.300. The molecule has 106 valence electrons. The number of carbonyl (C=O) groups excluding carboxylic acids is 1. The number of primary sulfonamides is 1. The van der Waals surface area contributed by atoms with Crippen LogP contribution in [0, 0.1) is 5.92 Å². The maximum Gasteiger partial charge on any atom is 0.238 e. The molecule has 0 radical (unpaired) electrons. The molecule has 1 rings (SSSR count). The zero-order valence-corrected chi connectivity index (χ0v) is 13.9. The van der Waals surface area contributed by atoms with Gasteiger partial charge in [-0.25, -0.2) is 13.6 Å². The number of carbonyl (C=O) groups is 1. The second kappa shape index (κ2) is 6.21. The minimum Gasteiger partial charge on any atom is -0.490 e. The van der Waals surface area contributed by atoms with Gasteiger partial charge < -0.3 is 10.5 Å². The standard InChI is InChI=1S/C10H12Br2N2O4S/c1-5(10(13)15)4-18-9-7(11)2-6(3-8(9)12)19(14,16)17/h2-3,5H,4H2,1H3,(H2,13,15)(H2,14,16,17). The molecule has 0 fully saturated rings. The van der Waals surface area contributed by atoms with Gasteiger partial charge in [-0.3, -0.25) is 4.79 Å². The smallest absolute Gasteiger partial charge is 0.238 e. The van der Waals surface area contributed by atoms with Crippen LogP contribution in [0.15, 0.2) is 26.0 Å². The SMILES string of the molecule is CC(COc1c(Br)cc(S(N)(=O)=O)cc1Br)C(N)=O. The molecular weight excluding hydrogens is 404 g/mol. The van der Waals surface area contributed by atoms with Crippen LogP contribution >= 0.6 is 31.9 Å². The van der Waals surface area contributed by atoms with Gasteiger partial charge in [0.05, 0.1) is 26.4 Å².